The summed E-state index contributed by atoms with van der Waals surface area (Å²) in [5.41, 5.74) is 3.17. The average Bonchev–Trinajstić information content (AvgIpc) is 3.00. The van der Waals surface area contributed by atoms with Crippen LogP contribution in [-0.2, 0) is 16.4 Å². The maximum absolute atomic E-state index is 13.4. The van der Waals surface area contributed by atoms with Crippen molar-refractivity contribution in [1.29, 1.82) is 0 Å². The number of alkyl halides is 3. The van der Waals surface area contributed by atoms with E-state index in [1.807, 2.05) is 36.9 Å². The van der Waals surface area contributed by atoms with Gasteiger partial charge in [-0.3, -0.25) is 14.6 Å². The van der Waals surface area contributed by atoms with E-state index in [4.69, 9.17) is 0 Å². The Morgan fingerprint density at radius 3 is 2.15 bits per heavy atom. The second kappa shape index (κ2) is 13.9. The highest BCUT2D eigenvalue weighted by Crippen LogP contribution is 2.35. The van der Waals surface area contributed by atoms with Crippen LogP contribution in [0.5, 0.6) is 0 Å². The van der Waals surface area contributed by atoms with E-state index in [0.29, 0.717) is 42.9 Å². The molecule has 0 bridgehead atoms. The van der Waals surface area contributed by atoms with Crippen LogP contribution in [0.15, 0.2) is 36.7 Å². The van der Waals surface area contributed by atoms with E-state index in [-0.39, 0.29) is 42.5 Å². The Morgan fingerprint density at radius 2 is 1.59 bits per heavy atom. The Hall–Kier alpha value is -2.61. The number of likely N-dealkylation sites (tertiary alicyclic amines) is 1. The van der Waals surface area contributed by atoms with E-state index in [9.17, 15) is 26.4 Å². The molecule has 0 saturated carbocycles. The number of hydrogen-bond donors (Lipinski definition) is 0. The summed E-state index contributed by atoms with van der Waals surface area (Å²) in [6.45, 7) is 12.4. The molecule has 3 saturated heterocycles. The molecule has 1 aromatic carbocycles. The number of benzene rings is 1. The van der Waals surface area contributed by atoms with Gasteiger partial charge < -0.3 is 4.90 Å². The molecule has 254 valence electrons. The normalized spacial score (nSPS) is 23.4. The zero-order valence-corrected chi connectivity index (χ0v) is 28.2. The van der Waals surface area contributed by atoms with Crippen LogP contribution in [0.3, 0.4) is 0 Å². The monoisotopic (exact) mass is 664 g/mol. The fourth-order valence-electron chi connectivity index (χ4n) is 7.77. The molecular formula is C33H47F3N6O3S. The number of sulfonamides is 1. The lowest BCUT2D eigenvalue weighted by atomic mass is 9.83. The summed E-state index contributed by atoms with van der Waals surface area (Å²) in [7, 11) is -4.38. The summed E-state index contributed by atoms with van der Waals surface area (Å²) in [6, 6.07) is 10.6. The highest BCUT2D eigenvalue weighted by molar-refractivity contribution is 7.89. The molecule has 46 heavy (non-hydrogen) atoms. The summed E-state index contributed by atoms with van der Waals surface area (Å²) >= 11 is 0. The van der Waals surface area contributed by atoms with E-state index < -0.39 is 22.0 Å². The molecule has 2 aromatic rings. The molecule has 3 aliphatic rings. The van der Waals surface area contributed by atoms with E-state index in [1.54, 1.807) is 0 Å². The minimum atomic E-state index is -4.75. The Morgan fingerprint density at radius 1 is 0.978 bits per heavy atom. The molecule has 1 amide bonds. The van der Waals surface area contributed by atoms with Crippen LogP contribution in [0.1, 0.15) is 66.8 Å². The van der Waals surface area contributed by atoms with Gasteiger partial charge in [0, 0.05) is 63.4 Å². The van der Waals surface area contributed by atoms with Crippen LogP contribution in [0.4, 0.5) is 13.2 Å². The number of piperazine rings is 1. The van der Waals surface area contributed by atoms with Crippen molar-refractivity contribution < 1.29 is 26.4 Å². The molecule has 4 heterocycles. The number of halogens is 3. The number of aromatic nitrogens is 2. The van der Waals surface area contributed by atoms with Crippen molar-refractivity contribution in [2.45, 2.75) is 83.6 Å². The van der Waals surface area contributed by atoms with E-state index in [0.717, 1.165) is 43.2 Å². The highest BCUT2D eigenvalue weighted by Gasteiger charge is 2.44. The van der Waals surface area contributed by atoms with Gasteiger partial charge in [0.05, 0.1) is 17.0 Å². The third-order valence-electron chi connectivity index (χ3n) is 10.5. The van der Waals surface area contributed by atoms with Gasteiger partial charge in [0.25, 0.3) is 5.91 Å². The number of carbonyl (C=O) groups excluding carboxylic acids is 1. The number of carbonyl (C=O) groups is 1. The van der Waals surface area contributed by atoms with Gasteiger partial charge in [-0.25, -0.2) is 22.7 Å². The first kappa shape index (κ1) is 34.7. The van der Waals surface area contributed by atoms with Gasteiger partial charge in [-0.05, 0) is 71.3 Å². The molecule has 3 aliphatic heterocycles. The quantitative estimate of drug-likeness (QED) is 0.416. The van der Waals surface area contributed by atoms with Crippen LogP contribution in [0, 0.1) is 19.8 Å². The molecule has 0 spiro atoms. The smallest absolute Gasteiger partial charge is 0.338 e. The van der Waals surface area contributed by atoms with Gasteiger partial charge in [0.1, 0.15) is 6.33 Å². The van der Waals surface area contributed by atoms with Crippen molar-refractivity contribution in [3.05, 3.63) is 59.2 Å². The first-order valence-electron chi connectivity index (χ1n) is 16.3. The van der Waals surface area contributed by atoms with E-state index in [2.05, 4.69) is 45.7 Å². The number of rotatable bonds is 8. The summed E-state index contributed by atoms with van der Waals surface area (Å²) in [5, 5.41) is 0. The summed E-state index contributed by atoms with van der Waals surface area (Å²) in [5.74, 6) is -1.64. The van der Waals surface area contributed by atoms with Crippen LogP contribution in [-0.4, -0.2) is 119 Å². The van der Waals surface area contributed by atoms with Crippen molar-refractivity contribution in [3.8, 4) is 0 Å². The second-order valence-electron chi connectivity index (χ2n) is 13.6. The predicted molar refractivity (Wildman–Crippen MR) is 171 cm³/mol. The zero-order chi connectivity index (χ0) is 33.3. The average molecular weight is 665 g/mol. The van der Waals surface area contributed by atoms with Gasteiger partial charge in [-0.15, -0.1) is 0 Å². The lowest BCUT2D eigenvalue weighted by Gasteiger charge is -2.54. The van der Waals surface area contributed by atoms with Crippen LogP contribution >= 0.6 is 0 Å². The molecule has 2 atom stereocenters. The van der Waals surface area contributed by atoms with Gasteiger partial charge in [0.2, 0.25) is 10.0 Å². The maximum atomic E-state index is 13.4. The van der Waals surface area contributed by atoms with Gasteiger partial charge in [-0.2, -0.15) is 13.2 Å². The Kier molecular flexibility index (Phi) is 10.5. The SMILES string of the molecule is Cc1ncnc(C)c1C(=O)N1CCC(C)(N2CCN([C@@H](Cc3ccccc3)C3CCN(S(=O)(=O)CC(F)(F)F)CC3)[C@@H](C)C2)CC1. The lowest BCUT2D eigenvalue weighted by molar-refractivity contribution is -0.107. The minimum absolute atomic E-state index is 0.00292. The third-order valence-corrected chi connectivity index (χ3v) is 12.4. The van der Waals surface area contributed by atoms with Crippen molar-refractivity contribution in [2.75, 3.05) is 51.6 Å². The van der Waals surface area contributed by atoms with Crippen LogP contribution in [0.25, 0.3) is 0 Å². The molecule has 0 aliphatic carbocycles. The molecule has 1 aromatic heterocycles. The molecule has 0 unspecified atom stereocenters. The molecule has 5 rings (SSSR count). The van der Waals surface area contributed by atoms with E-state index in [1.165, 1.54) is 11.9 Å². The number of aryl methyl sites for hydroxylation is 2. The lowest BCUT2D eigenvalue weighted by Crippen LogP contribution is -2.64. The number of nitrogens with zero attached hydrogens (tertiary/aromatic N) is 6. The maximum Gasteiger partial charge on any atom is 0.404 e. The van der Waals surface area contributed by atoms with Crippen molar-refractivity contribution in [3.63, 3.8) is 0 Å². The van der Waals surface area contributed by atoms with Crippen molar-refractivity contribution in [2.24, 2.45) is 5.92 Å². The summed E-state index contributed by atoms with van der Waals surface area (Å²) < 4.78 is 64.8. The standard InChI is InChI=1S/C33H47F3N6O3S/c1-24-21-40(32(4)12-16-39(17-13-32)31(43)30-25(2)37-23-38-26(30)3)18-19-42(24)29(20-27-8-6-5-7-9-27)28-10-14-41(15-11-28)46(44,45)22-33(34,35)36/h5-9,23-24,28-29H,10-22H2,1-4H3/t24-,29-/m0/s1. The molecule has 3 fully saturated rings. The zero-order valence-electron chi connectivity index (χ0n) is 27.3. The van der Waals surface area contributed by atoms with Crippen molar-refractivity contribution in [1.82, 2.24) is 29.0 Å². The fraction of sp³-hybridized carbons (Fsp3) is 0.667. The number of hydrogen-bond acceptors (Lipinski definition) is 7. The van der Waals surface area contributed by atoms with E-state index >= 15 is 0 Å². The fourth-order valence-corrected chi connectivity index (χ4v) is 9.13. The molecule has 0 radical (unpaired) electrons. The Labute approximate surface area is 271 Å². The van der Waals surface area contributed by atoms with Crippen molar-refractivity contribution >= 4 is 15.9 Å². The topological polar surface area (TPSA) is 90.0 Å². The summed E-state index contributed by atoms with van der Waals surface area (Å²) in [6.07, 6.45) is 0.361. The first-order chi connectivity index (χ1) is 21.7. The number of piperidine rings is 2. The largest absolute Gasteiger partial charge is 0.404 e. The third kappa shape index (κ3) is 7.91. The highest BCUT2D eigenvalue weighted by atomic mass is 32.2. The Balaban J connectivity index is 1.23. The molecular weight excluding hydrogens is 617 g/mol. The van der Waals surface area contributed by atoms with Crippen LogP contribution in [0.2, 0.25) is 0 Å². The van der Waals surface area contributed by atoms with Crippen LogP contribution < -0.4 is 0 Å². The number of amides is 1. The Bertz CT molecular complexity index is 1440. The summed E-state index contributed by atoms with van der Waals surface area (Å²) in [4.78, 5) is 28.9. The predicted octanol–water partition coefficient (Wildman–Crippen LogP) is 4.31. The minimum Gasteiger partial charge on any atom is -0.338 e. The second-order valence-corrected chi connectivity index (χ2v) is 15.6. The van der Waals surface area contributed by atoms with Gasteiger partial charge >= 0.3 is 6.18 Å². The molecule has 0 N–H and O–H groups in total. The first-order valence-corrected chi connectivity index (χ1v) is 17.9. The molecule has 9 nitrogen and oxygen atoms in total. The van der Waals surface area contributed by atoms with Gasteiger partial charge in [0.15, 0.2) is 5.75 Å². The molecule has 13 heteroatoms. The van der Waals surface area contributed by atoms with Gasteiger partial charge in [-0.1, -0.05) is 30.3 Å².